The number of hydrogen-bond donors (Lipinski definition) is 3. The number of rotatable bonds is 9. The fourth-order valence-corrected chi connectivity index (χ4v) is 7.53. The number of carbonyl (C=O) groups excluding carboxylic acids is 3. The number of aromatic nitrogens is 1. The van der Waals surface area contributed by atoms with Gasteiger partial charge in [0.25, 0.3) is 5.72 Å². The van der Waals surface area contributed by atoms with Crippen LogP contribution in [-0.4, -0.2) is 82.6 Å². The first kappa shape index (κ1) is 26.9. The SMILES string of the molecule is CC(C)[C@@H](O/N=C(\C(=O)C[C@@H]1C(=O)N2[C@@H]1[S@@](=O)C[C@@H]1CC(=O)O[C@@]12C(=O)O)c1nc(N)sc1Cl)C(=O)O. The molecule has 3 aliphatic heterocycles. The number of nitrogen functional groups attached to an aromatic ring is 1. The molecule has 3 saturated heterocycles. The number of amides is 1. The molecule has 0 bridgehead atoms. The number of nitrogens with zero attached hydrogens (tertiary/aromatic N) is 3. The van der Waals surface area contributed by atoms with Crippen LogP contribution in [-0.2, 0) is 44.3 Å². The third kappa shape index (κ3) is 4.35. The summed E-state index contributed by atoms with van der Waals surface area (Å²) in [7, 11) is -1.80. The molecule has 0 aromatic carbocycles. The zero-order valence-electron chi connectivity index (χ0n) is 19.3. The highest BCUT2D eigenvalue weighted by molar-refractivity contribution is 7.85. The molecular weight excluding hydrogens is 556 g/mol. The minimum atomic E-state index is -2.29. The molecule has 0 saturated carbocycles. The number of ketones is 1. The van der Waals surface area contributed by atoms with Crippen molar-refractivity contribution in [2.24, 2.45) is 22.9 Å². The number of carbonyl (C=O) groups is 5. The topological polar surface area (TPSA) is 216 Å². The van der Waals surface area contributed by atoms with Crippen molar-refractivity contribution in [1.29, 1.82) is 0 Å². The Morgan fingerprint density at radius 1 is 1.38 bits per heavy atom. The minimum absolute atomic E-state index is 0.0177. The van der Waals surface area contributed by atoms with Crippen LogP contribution >= 0.6 is 22.9 Å². The monoisotopic (exact) mass is 576 g/mol. The summed E-state index contributed by atoms with van der Waals surface area (Å²) in [5.41, 5.74) is 2.68. The maximum absolute atomic E-state index is 13.3. The summed E-state index contributed by atoms with van der Waals surface area (Å²) in [5.74, 6) is -8.43. The van der Waals surface area contributed by atoms with Gasteiger partial charge in [-0.25, -0.2) is 14.6 Å². The molecular formula is C20H21ClN4O10S2. The number of esters is 1. The van der Waals surface area contributed by atoms with Crippen molar-refractivity contribution in [1.82, 2.24) is 9.88 Å². The first-order valence-corrected chi connectivity index (χ1v) is 13.4. The summed E-state index contributed by atoms with van der Waals surface area (Å²) in [6.45, 7) is 3.12. The summed E-state index contributed by atoms with van der Waals surface area (Å²) >= 11 is 6.96. The highest BCUT2D eigenvalue weighted by atomic mass is 35.5. The number of ether oxygens (including phenoxy) is 1. The maximum atomic E-state index is 13.3. The number of carboxylic acids is 2. The molecule has 3 fully saturated rings. The molecule has 0 unspecified atom stereocenters. The molecule has 0 spiro atoms. The van der Waals surface area contributed by atoms with Crippen molar-refractivity contribution >= 4 is 74.2 Å². The van der Waals surface area contributed by atoms with Gasteiger partial charge in [0.1, 0.15) is 15.4 Å². The third-order valence-electron chi connectivity index (χ3n) is 6.29. The second-order valence-corrected chi connectivity index (χ2v) is 12.2. The fourth-order valence-electron chi connectivity index (χ4n) is 4.59. The molecule has 17 heteroatoms. The molecule has 4 heterocycles. The first-order valence-electron chi connectivity index (χ1n) is 10.9. The number of aliphatic carboxylic acids is 2. The molecule has 14 nitrogen and oxygen atoms in total. The van der Waals surface area contributed by atoms with E-state index in [2.05, 4.69) is 10.1 Å². The van der Waals surface area contributed by atoms with Gasteiger partial charge in [-0.1, -0.05) is 41.9 Å². The van der Waals surface area contributed by atoms with Crippen molar-refractivity contribution in [2.75, 3.05) is 11.5 Å². The van der Waals surface area contributed by atoms with Gasteiger partial charge in [0.05, 0.1) is 18.3 Å². The Balaban J connectivity index is 1.64. The van der Waals surface area contributed by atoms with Gasteiger partial charge in [-0.2, -0.15) is 0 Å². The molecule has 1 aromatic rings. The number of anilines is 1. The van der Waals surface area contributed by atoms with Crippen molar-refractivity contribution in [3.8, 4) is 0 Å². The van der Waals surface area contributed by atoms with Crippen molar-refractivity contribution in [3.63, 3.8) is 0 Å². The number of fused-ring (bicyclic) bond motifs is 3. The second kappa shape index (κ2) is 9.64. The highest BCUT2D eigenvalue weighted by Crippen LogP contribution is 2.50. The number of thiazole rings is 1. The average molecular weight is 577 g/mol. The molecule has 4 rings (SSSR count). The van der Waals surface area contributed by atoms with Crippen LogP contribution in [0.25, 0.3) is 0 Å². The van der Waals surface area contributed by atoms with Crippen LogP contribution in [0.2, 0.25) is 4.34 Å². The molecule has 6 atom stereocenters. The first-order chi connectivity index (χ1) is 17.3. The molecule has 4 N–H and O–H groups in total. The number of β-lactam (4-membered cyclic amide) rings is 1. The number of nitrogens with two attached hydrogens (primary N) is 1. The Morgan fingerprint density at radius 2 is 2.05 bits per heavy atom. The number of Topliss-reactive ketones (excluding diaryl/α,β-unsaturated/α-hetero) is 1. The van der Waals surface area contributed by atoms with Gasteiger partial charge in [0.15, 0.2) is 16.6 Å². The molecule has 37 heavy (non-hydrogen) atoms. The number of hydrogen-bond acceptors (Lipinski definition) is 12. The lowest BCUT2D eigenvalue weighted by Crippen LogP contribution is -2.78. The fraction of sp³-hybridized carbons (Fsp3) is 0.550. The van der Waals surface area contributed by atoms with E-state index >= 15 is 0 Å². The van der Waals surface area contributed by atoms with Gasteiger partial charge in [0, 0.05) is 28.9 Å². The van der Waals surface area contributed by atoms with Gasteiger partial charge < -0.3 is 25.5 Å². The van der Waals surface area contributed by atoms with E-state index in [0.29, 0.717) is 0 Å². The normalized spacial score (nSPS) is 29.7. The van der Waals surface area contributed by atoms with E-state index in [9.17, 15) is 38.4 Å². The van der Waals surface area contributed by atoms with Crippen LogP contribution in [0.5, 0.6) is 0 Å². The molecule has 3 aliphatic rings. The lowest BCUT2D eigenvalue weighted by Gasteiger charge is -2.56. The second-order valence-electron chi connectivity index (χ2n) is 8.98. The smallest absolute Gasteiger partial charge is 0.370 e. The Kier molecular flexibility index (Phi) is 7.02. The summed E-state index contributed by atoms with van der Waals surface area (Å²) in [6, 6.07) is 0. The van der Waals surface area contributed by atoms with Crippen LogP contribution in [0.1, 0.15) is 32.4 Å². The Morgan fingerprint density at radius 3 is 2.59 bits per heavy atom. The standard InChI is InChI=1S/C20H21ClN4O10S2/c1-6(2)13(17(29)30)35-24-11(12-14(21)36-19(22)23-12)9(26)4-8-15(28)25-16(8)37(33)5-7-3-10(27)34-20(7,25)18(31)32/h6-8,13,16H,3-5H2,1-2H3,(H2,22,23)(H,29,30)(H,31,32)/b24-11+/t7-,8+,13+,16+,20+,37-/m0/s1. The lowest BCUT2D eigenvalue weighted by molar-refractivity contribution is -0.220. The van der Waals surface area contributed by atoms with Gasteiger partial charge in [-0.15, -0.1) is 0 Å². The molecule has 1 amide bonds. The zero-order chi connectivity index (χ0) is 27.4. The number of carboxylic acid groups (broad SMARTS) is 2. The Bertz CT molecular complexity index is 1270. The number of oxime groups is 1. The highest BCUT2D eigenvalue weighted by Gasteiger charge is 2.72. The van der Waals surface area contributed by atoms with E-state index in [-0.39, 0.29) is 27.3 Å². The maximum Gasteiger partial charge on any atom is 0.370 e. The van der Waals surface area contributed by atoms with E-state index in [1.54, 1.807) is 13.8 Å². The summed E-state index contributed by atoms with van der Waals surface area (Å²) < 4.78 is 18.0. The predicted octanol–water partition coefficient (Wildman–Crippen LogP) is 0.0586. The Hall–Kier alpha value is -3.11. The van der Waals surface area contributed by atoms with E-state index in [0.717, 1.165) is 16.2 Å². The van der Waals surface area contributed by atoms with E-state index in [1.165, 1.54) is 0 Å². The van der Waals surface area contributed by atoms with Crippen LogP contribution in [0.4, 0.5) is 5.13 Å². The average Bonchev–Trinajstić information content (AvgIpc) is 3.30. The van der Waals surface area contributed by atoms with Gasteiger partial charge in [0.2, 0.25) is 12.0 Å². The van der Waals surface area contributed by atoms with Crippen molar-refractivity contribution in [2.45, 2.75) is 43.9 Å². The number of halogens is 1. The van der Waals surface area contributed by atoms with Crippen LogP contribution in [0.3, 0.4) is 0 Å². The molecule has 1 aromatic heterocycles. The van der Waals surface area contributed by atoms with Gasteiger partial charge in [-0.05, 0) is 0 Å². The summed E-state index contributed by atoms with van der Waals surface area (Å²) in [5, 5.41) is 21.7. The Labute approximate surface area is 220 Å². The van der Waals surface area contributed by atoms with E-state index < -0.39 is 87.5 Å². The van der Waals surface area contributed by atoms with Crippen LogP contribution < -0.4 is 5.73 Å². The molecule has 0 radical (unpaired) electrons. The van der Waals surface area contributed by atoms with Crippen molar-refractivity contribution in [3.05, 3.63) is 10.0 Å². The molecule has 0 aliphatic carbocycles. The lowest BCUT2D eigenvalue weighted by atomic mass is 9.84. The largest absolute Gasteiger partial charge is 0.478 e. The summed E-state index contributed by atoms with van der Waals surface area (Å²) in [4.78, 5) is 71.7. The van der Waals surface area contributed by atoms with E-state index in [4.69, 9.17) is 26.9 Å². The van der Waals surface area contributed by atoms with Gasteiger partial charge in [-0.3, -0.25) is 23.5 Å². The van der Waals surface area contributed by atoms with Crippen LogP contribution in [0.15, 0.2) is 5.16 Å². The van der Waals surface area contributed by atoms with E-state index in [1.807, 2.05) is 0 Å². The molecule has 200 valence electrons. The third-order valence-corrected chi connectivity index (χ3v) is 9.18. The minimum Gasteiger partial charge on any atom is -0.478 e. The van der Waals surface area contributed by atoms with Crippen molar-refractivity contribution < 1.29 is 48.0 Å². The van der Waals surface area contributed by atoms with Gasteiger partial charge >= 0.3 is 17.9 Å². The zero-order valence-corrected chi connectivity index (χ0v) is 21.7. The quantitative estimate of drug-likeness (QED) is 0.154. The predicted molar refractivity (Wildman–Crippen MR) is 127 cm³/mol. The van der Waals surface area contributed by atoms with Crippen LogP contribution in [0, 0.1) is 17.8 Å². The summed E-state index contributed by atoms with van der Waals surface area (Å²) in [6.07, 6.45) is -2.33.